The second-order valence-corrected chi connectivity index (χ2v) is 5.57. The Morgan fingerprint density at radius 2 is 2.24 bits per heavy atom. The minimum atomic E-state index is 0.119. The standard InChI is InChI=1S/C13H20N2OS/c16-13(10-15-11-4-1-2-5-11)14-8-7-12-6-3-9-17-12/h3,6,9,11,15H,1-2,4-5,7-8,10H2,(H,14,16). The number of carbonyl (C=O) groups is 1. The first-order valence-electron chi connectivity index (χ1n) is 6.37. The number of hydrogen-bond donors (Lipinski definition) is 2. The first kappa shape index (κ1) is 12.6. The zero-order chi connectivity index (χ0) is 11.9. The molecule has 0 spiro atoms. The molecule has 1 aromatic heterocycles. The molecule has 0 bridgehead atoms. The molecule has 2 N–H and O–H groups in total. The van der Waals surface area contributed by atoms with Gasteiger partial charge in [-0.3, -0.25) is 4.79 Å². The lowest BCUT2D eigenvalue weighted by molar-refractivity contribution is -0.120. The summed E-state index contributed by atoms with van der Waals surface area (Å²) in [5, 5.41) is 8.33. The van der Waals surface area contributed by atoms with Crippen molar-refractivity contribution in [2.75, 3.05) is 13.1 Å². The lowest BCUT2D eigenvalue weighted by atomic mass is 10.2. The van der Waals surface area contributed by atoms with E-state index in [0.29, 0.717) is 12.6 Å². The maximum atomic E-state index is 11.6. The fourth-order valence-corrected chi connectivity index (χ4v) is 2.92. The van der Waals surface area contributed by atoms with E-state index >= 15 is 0 Å². The van der Waals surface area contributed by atoms with Crippen LogP contribution in [0.2, 0.25) is 0 Å². The van der Waals surface area contributed by atoms with Crippen LogP contribution in [0.25, 0.3) is 0 Å². The van der Waals surface area contributed by atoms with Crippen LogP contribution in [0, 0.1) is 0 Å². The van der Waals surface area contributed by atoms with E-state index in [1.54, 1.807) is 11.3 Å². The van der Waals surface area contributed by atoms with Gasteiger partial charge in [-0.25, -0.2) is 0 Å². The average Bonchev–Trinajstić information content (AvgIpc) is 2.99. The van der Waals surface area contributed by atoms with Crippen LogP contribution < -0.4 is 10.6 Å². The van der Waals surface area contributed by atoms with Crippen molar-refractivity contribution >= 4 is 17.2 Å². The smallest absolute Gasteiger partial charge is 0.233 e. The monoisotopic (exact) mass is 252 g/mol. The summed E-state index contributed by atoms with van der Waals surface area (Å²) in [6, 6.07) is 4.72. The molecule has 1 heterocycles. The van der Waals surface area contributed by atoms with E-state index in [-0.39, 0.29) is 5.91 Å². The van der Waals surface area contributed by atoms with E-state index in [1.165, 1.54) is 30.6 Å². The molecule has 17 heavy (non-hydrogen) atoms. The van der Waals surface area contributed by atoms with E-state index in [2.05, 4.69) is 22.1 Å². The summed E-state index contributed by atoms with van der Waals surface area (Å²) >= 11 is 1.74. The van der Waals surface area contributed by atoms with Crippen molar-refractivity contribution in [3.63, 3.8) is 0 Å². The van der Waals surface area contributed by atoms with Gasteiger partial charge in [0.25, 0.3) is 0 Å². The van der Waals surface area contributed by atoms with E-state index in [1.807, 2.05) is 6.07 Å². The second-order valence-electron chi connectivity index (χ2n) is 4.54. The number of carbonyl (C=O) groups excluding carboxylic acids is 1. The van der Waals surface area contributed by atoms with Gasteiger partial charge in [0.05, 0.1) is 6.54 Å². The highest BCUT2D eigenvalue weighted by atomic mass is 32.1. The van der Waals surface area contributed by atoms with Crippen molar-refractivity contribution in [2.24, 2.45) is 0 Å². The van der Waals surface area contributed by atoms with Crippen molar-refractivity contribution in [1.29, 1.82) is 0 Å². The van der Waals surface area contributed by atoms with Crippen LogP contribution in [0.15, 0.2) is 17.5 Å². The largest absolute Gasteiger partial charge is 0.355 e. The molecule has 2 rings (SSSR count). The summed E-state index contributed by atoms with van der Waals surface area (Å²) in [7, 11) is 0. The molecule has 0 atom stereocenters. The Morgan fingerprint density at radius 3 is 2.94 bits per heavy atom. The van der Waals surface area contributed by atoms with Gasteiger partial charge in [-0.15, -0.1) is 11.3 Å². The highest BCUT2D eigenvalue weighted by Crippen LogP contribution is 2.17. The number of hydrogen-bond acceptors (Lipinski definition) is 3. The van der Waals surface area contributed by atoms with Crippen molar-refractivity contribution < 1.29 is 4.79 Å². The molecule has 1 aliphatic carbocycles. The first-order chi connectivity index (χ1) is 8.34. The van der Waals surface area contributed by atoms with E-state index in [9.17, 15) is 4.79 Å². The van der Waals surface area contributed by atoms with Crippen molar-refractivity contribution in [1.82, 2.24) is 10.6 Å². The molecule has 0 saturated heterocycles. The Labute approximate surface area is 107 Å². The van der Waals surface area contributed by atoms with Crippen LogP contribution >= 0.6 is 11.3 Å². The third-order valence-corrected chi connectivity index (χ3v) is 4.12. The predicted molar refractivity (Wildman–Crippen MR) is 71.3 cm³/mol. The van der Waals surface area contributed by atoms with Crippen LogP contribution in [0.3, 0.4) is 0 Å². The molecule has 0 aromatic carbocycles. The van der Waals surface area contributed by atoms with E-state index in [0.717, 1.165) is 13.0 Å². The van der Waals surface area contributed by atoms with Gasteiger partial charge < -0.3 is 10.6 Å². The van der Waals surface area contributed by atoms with Gasteiger partial charge in [-0.05, 0) is 30.7 Å². The minimum Gasteiger partial charge on any atom is -0.355 e. The Hall–Kier alpha value is -0.870. The molecule has 0 radical (unpaired) electrons. The molecule has 94 valence electrons. The van der Waals surface area contributed by atoms with Gasteiger partial charge in [0.15, 0.2) is 0 Å². The maximum Gasteiger partial charge on any atom is 0.233 e. The van der Waals surface area contributed by atoms with Gasteiger partial charge in [-0.1, -0.05) is 18.9 Å². The van der Waals surface area contributed by atoms with Crippen LogP contribution in [0.1, 0.15) is 30.6 Å². The van der Waals surface area contributed by atoms with Gasteiger partial charge in [0.1, 0.15) is 0 Å². The molecular formula is C13H20N2OS. The highest BCUT2D eigenvalue weighted by Gasteiger charge is 2.14. The zero-order valence-corrected chi connectivity index (χ0v) is 10.9. The minimum absolute atomic E-state index is 0.119. The van der Waals surface area contributed by atoms with Crippen molar-refractivity contribution in [3.05, 3.63) is 22.4 Å². The van der Waals surface area contributed by atoms with Crippen LogP contribution in [0.5, 0.6) is 0 Å². The quantitative estimate of drug-likeness (QED) is 0.812. The lowest BCUT2D eigenvalue weighted by Gasteiger charge is -2.11. The maximum absolute atomic E-state index is 11.6. The van der Waals surface area contributed by atoms with Gasteiger partial charge in [0, 0.05) is 17.5 Å². The number of rotatable bonds is 6. The van der Waals surface area contributed by atoms with Crippen molar-refractivity contribution in [3.8, 4) is 0 Å². The fourth-order valence-electron chi connectivity index (χ4n) is 2.21. The Bertz CT molecular complexity index is 331. The Balaban J connectivity index is 1.54. The summed E-state index contributed by atoms with van der Waals surface area (Å²) in [6.07, 6.45) is 5.99. The molecule has 1 amide bonds. The molecule has 4 heteroatoms. The van der Waals surface area contributed by atoms with Crippen LogP contribution in [0.4, 0.5) is 0 Å². The van der Waals surface area contributed by atoms with Gasteiger partial charge >= 0.3 is 0 Å². The number of amides is 1. The van der Waals surface area contributed by atoms with Gasteiger partial charge in [0.2, 0.25) is 5.91 Å². The molecule has 0 unspecified atom stereocenters. The lowest BCUT2D eigenvalue weighted by Crippen LogP contribution is -2.38. The highest BCUT2D eigenvalue weighted by molar-refractivity contribution is 7.09. The topological polar surface area (TPSA) is 41.1 Å². The first-order valence-corrected chi connectivity index (χ1v) is 7.25. The molecule has 3 nitrogen and oxygen atoms in total. The Morgan fingerprint density at radius 1 is 1.41 bits per heavy atom. The summed E-state index contributed by atoms with van der Waals surface area (Å²) in [4.78, 5) is 12.9. The Kier molecular flexibility index (Phi) is 5.01. The summed E-state index contributed by atoms with van der Waals surface area (Å²) in [5.74, 6) is 0.119. The molecule has 0 aliphatic heterocycles. The SMILES string of the molecule is O=C(CNC1CCCC1)NCCc1cccs1. The third kappa shape index (κ3) is 4.48. The molecule has 1 aromatic rings. The molecule has 1 fully saturated rings. The normalized spacial score (nSPS) is 16.2. The predicted octanol–water partition coefficient (Wildman–Crippen LogP) is 1.94. The summed E-state index contributed by atoms with van der Waals surface area (Å²) in [5.41, 5.74) is 0. The molecule has 1 saturated carbocycles. The van der Waals surface area contributed by atoms with E-state index < -0.39 is 0 Å². The van der Waals surface area contributed by atoms with Crippen molar-refractivity contribution in [2.45, 2.75) is 38.1 Å². The summed E-state index contributed by atoms with van der Waals surface area (Å²) in [6.45, 7) is 1.21. The fraction of sp³-hybridized carbons (Fsp3) is 0.615. The summed E-state index contributed by atoms with van der Waals surface area (Å²) < 4.78 is 0. The van der Waals surface area contributed by atoms with Crippen LogP contribution in [-0.4, -0.2) is 25.0 Å². The molecule has 1 aliphatic rings. The second kappa shape index (κ2) is 6.77. The third-order valence-electron chi connectivity index (χ3n) is 3.18. The average molecular weight is 252 g/mol. The van der Waals surface area contributed by atoms with Crippen LogP contribution in [-0.2, 0) is 11.2 Å². The van der Waals surface area contributed by atoms with E-state index in [4.69, 9.17) is 0 Å². The molecular weight excluding hydrogens is 232 g/mol. The number of thiophene rings is 1. The van der Waals surface area contributed by atoms with Gasteiger partial charge in [-0.2, -0.15) is 0 Å². The number of nitrogens with one attached hydrogen (secondary N) is 2. The zero-order valence-electron chi connectivity index (χ0n) is 10.1.